The topological polar surface area (TPSA) is 69.0 Å². The van der Waals surface area contributed by atoms with Crippen molar-refractivity contribution in [1.82, 2.24) is 14.8 Å². The average Bonchev–Trinajstić information content (AvgIpc) is 3.40. The molecule has 0 saturated heterocycles. The SMILES string of the molecule is CC(C)c1c(C(=O)Nc2ccc(OC3CCCC3)cc2)cnn1-c1ccccn1. The van der Waals surface area contributed by atoms with Crippen molar-refractivity contribution in [2.24, 2.45) is 0 Å². The van der Waals surface area contributed by atoms with E-state index in [4.69, 9.17) is 4.74 Å². The minimum absolute atomic E-state index is 0.113. The van der Waals surface area contributed by atoms with Gasteiger partial charge in [0.15, 0.2) is 5.82 Å². The third kappa shape index (κ3) is 4.31. The van der Waals surface area contributed by atoms with E-state index in [1.54, 1.807) is 17.1 Å². The maximum Gasteiger partial charge on any atom is 0.259 e. The van der Waals surface area contributed by atoms with Gasteiger partial charge in [-0.15, -0.1) is 0 Å². The lowest BCUT2D eigenvalue weighted by Gasteiger charge is -2.14. The molecule has 1 saturated carbocycles. The fourth-order valence-electron chi connectivity index (χ4n) is 3.76. The summed E-state index contributed by atoms with van der Waals surface area (Å²) in [6, 6.07) is 13.2. The number of ether oxygens (including phenoxy) is 1. The van der Waals surface area contributed by atoms with Gasteiger partial charge < -0.3 is 10.1 Å². The van der Waals surface area contributed by atoms with E-state index in [1.807, 2.05) is 56.3 Å². The van der Waals surface area contributed by atoms with Gasteiger partial charge in [-0.2, -0.15) is 5.10 Å². The Balaban J connectivity index is 1.50. The van der Waals surface area contributed by atoms with Crippen LogP contribution < -0.4 is 10.1 Å². The third-order valence-electron chi connectivity index (χ3n) is 5.18. The molecule has 29 heavy (non-hydrogen) atoms. The quantitative estimate of drug-likeness (QED) is 0.645. The average molecular weight is 390 g/mol. The second-order valence-electron chi connectivity index (χ2n) is 7.70. The van der Waals surface area contributed by atoms with Crippen molar-refractivity contribution in [3.63, 3.8) is 0 Å². The van der Waals surface area contributed by atoms with Crippen LogP contribution in [0.3, 0.4) is 0 Å². The second-order valence-corrected chi connectivity index (χ2v) is 7.70. The first-order valence-corrected chi connectivity index (χ1v) is 10.2. The van der Waals surface area contributed by atoms with Crippen molar-refractivity contribution in [1.29, 1.82) is 0 Å². The van der Waals surface area contributed by atoms with Crippen LogP contribution in [0, 0.1) is 0 Å². The standard InChI is InChI=1S/C23H26N4O2/c1-16(2)22-20(15-25-27(22)21-9-5-6-14-24-21)23(28)26-17-10-12-19(13-11-17)29-18-7-3-4-8-18/h5-6,9-16,18H,3-4,7-8H2,1-2H3,(H,26,28). The highest BCUT2D eigenvalue weighted by atomic mass is 16.5. The van der Waals surface area contributed by atoms with Crippen molar-refractivity contribution in [2.45, 2.75) is 51.6 Å². The molecule has 1 aromatic carbocycles. The second kappa shape index (κ2) is 8.47. The van der Waals surface area contributed by atoms with Crippen molar-refractivity contribution >= 4 is 11.6 Å². The van der Waals surface area contributed by atoms with E-state index < -0.39 is 0 Å². The molecule has 150 valence electrons. The number of pyridine rings is 1. The first kappa shape index (κ1) is 19.2. The maximum atomic E-state index is 12.9. The fraction of sp³-hybridized carbons (Fsp3) is 0.348. The highest BCUT2D eigenvalue weighted by Crippen LogP contribution is 2.26. The van der Waals surface area contributed by atoms with Gasteiger partial charge in [0.25, 0.3) is 5.91 Å². The number of hydrogen-bond donors (Lipinski definition) is 1. The summed E-state index contributed by atoms with van der Waals surface area (Å²) in [5.74, 6) is 1.48. The van der Waals surface area contributed by atoms with Crippen LogP contribution in [-0.2, 0) is 0 Å². The zero-order valence-corrected chi connectivity index (χ0v) is 16.8. The summed E-state index contributed by atoms with van der Waals surface area (Å²) in [6.45, 7) is 4.09. The Morgan fingerprint density at radius 1 is 1.14 bits per heavy atom. The van der Waals surface area contributed by atoms with E-state index in [0.29, 0.717) is 17.5 Å². The minimum atomic E-state index is -0.180. The van der Waals surface area contributed by atoms with Crippen LogP contribution in [-0.4, -0.2) is 26.8 Å². The van der Waals surface area contributed by atoms with Crippen molar-refractivity contribution < 1.29 is 9.53 Å². The molecule has 0 bridgehead atoms. The van der Waals surface area contributed by atoms with Gasteiger partial charge in [-0.05, 0) is 68.0 Å². The molecule has 1 aliphatic rings. The Morgan fingerprint density at radius 3 is 2.55 bits per heavy atom. The van der Waals surface area contributed by atoms with Crippen molar-refractivity contribution in [2.75, 3.05) is 5.32 Å². The molecule has 0 unspecified atom stereocenters. The predicted octanol–water partition coefficient (Wildman–Crippen LogP) is 4.96. The Kier molecular flexibility index (Phi) is 5.60. The first-order chi connectivity index (χ1) is 14.1. The van der Waals surface area contributed by atoms with Crippen LogP contribution in [0.25, 0.3) is 5.82 Å². The molecule has 0 spiro atoms. The van der Waals surface area contributed by atoms with E-state index in [0.717, 1.165) is 30.0 Å². The fourth-order valence-corrected chi connectivity index (χ4v) is 3.76. The number of nitrogens with one attached hydrogen (secondary N) is 1. The molecule has 1 amide bonds. The summed E-state index contributed by atoms with van der Waals surface area (Å²) >= 11 is 0. The number of benzene rings is 1. The predicted molar refractivity (Wildman–Crippen MR) is 113 cm³/mol. The van der Waals surface area contributed by atoms with Gasteiger partial charge in [0.2, 0.25) is 0 Å². The number of carbonyl (C=O) groups is 1. The summed E-state index contributed by atoms with van der Waals surface area (Å²) in [7, 11) is 0. The number of anilines is 1. The molecule has 2 aromatic heterocycles. The van der Waals surface area contributed by atoms with Crippen LogP contribution in [0.15, 0.2) is 54.9 Å². The lowest BCUT2D eigenvalue weighted by atomic mass is 10.1. The Hall–Kier alpha value is -3.15. The summed E-state index contributed by atoms with van der Waals surface area (Å²) in [5, 5.41) is 7.39. The van der Waals surface area contributed by atoms with Gasteiger partial charge in [0.1, 0.15) is 5.75 Å². The summed E-state index contributed by atoms with van der Waals surface area (Å²) in [6.07, 6.45) is 8.37. The van der Waals surface area contributed by atoms with Gasteiger partial charge in [-0.25, -0.2) is 9.67 Å². The number of aromatic nitrogens is 3. The Morgan fingerprint density at radius 2 is 1.90 bits per heavy atom. The number of nitrogens with zero attached hydrogens (tertiary/aromatic N) is 3. The van der Waals surface area contributed by atoms with E-state index in [2.05, 4.69) is 15.4 Å². The van der Waals surface area contributed by atoms with Crippen LogP contribution >= 0.6 is 0 Å². The third-order valence-corrected chi connectivity index (χ3v) is 5.18. The Bertz CT molecular complexity index is 958. The van der Waals surface area contributed by atoms with Crippen LogP contribution in [0.4, 0.5) is 5.69 Å². The summed E-state index contributed by atoms with van der Waals surface area (Å²) in [4.78, 5) is 17.3. The van der Waals surface area contributed by atoms with E-state index in [9.17, 15) is 4.79 Å². The smallest absolute Gasteiger partial charge is 0.259 e. The number of amides is 1. The molecule has 1 N–H and O–H groups in total. The lowest BCUT2D eigenvalue weighted by molar-refractivity contribution is 0.102. The molecule has 0 atom stereocenters. The number of rotatable bonds is 6. The van der Waals surface area contributed by atoms with Gasteiger partial charge >= 0.3 is 0 Å². The summed E-state index contributed by atoms with van der Waals surface area (Å²) < 4.78 is 7.72. The lowest BCUT2D eigenvalue weighted by Crippen LogP contribution is -2.16. The van der Waals surface area contributed by atoms with E-state index in [-0.39, 0.29) is 11.8 Å². The molecule has 0 aliphatic heterocycles. The molecular weight excluding hydrogens is 364 g/mol. The molecule has 4 rings (SSSR count). The normalized spacial score (nSPS) is 14.3. The van der Waals surface area contributed by atoms with Crippen molar-refractivity contribution in [3.05, 3.63) is 66.1 Å². The van der Waals surface area contributed by atoms with E-state index in [1.165, 1.54) is 12.8 Å². The highest BCUT2D eigenvalue weighted by molar-refractivity contribution is 6.05. The zero-order valence-electron chi connectivity index (χ0n) is 16.8. The van der Waals surface area contributed by atoms with Gasteiger partial charge in [0, 0.05) is 11.9 Å². The van der Waals surface area contributed by atoms with Crippen LogP contribution in [0.2, 0.25) is 0 Å². The molecule has 1 aliphatic carbocycles. The highest BCUT2D eigenvalue weighted by Gasteiger charge is 2.21. The molecular formula is C23H26N4O2. The number of hydrogen-bond acceptors (Lipinski definition) is 4. The molecule has 6 nitrogen and oxygen atoms in total. The van der Waals surface area contributed by atoms with Gasteiger partial charge in [-0.3, -0.25) is 4.79 Å². The molecule has 6 heteroatoms. The van der Waals surface area contributed by atoms with Crippen molar-refractivity contribution in [3.8, 4) is 11.6 Å². The van der Waals surface area contributed by atoms with E-state index >= 15 is 0 Å². The Labute approximate surface area is 170 Å². The van der Waals surface area contributed by atoms with Crippen LogP contribution in [0.1, 0.15) is 61.5 Å². The zero-order chi connectivity index (χ0) is 20.2. The van der Waals surface area contributed by atoms with Gasteiger partial charge in [-0.1, -0.05) is 19.9 Å². The minimum Gasteiger partial charge on any atom is -0.490 e. The molecule has 3 aromatic rings. The van der Waals surface area contributed by atoms with Crippen LogP contribution in [0.5, 0.6) is 5.75 Å². The maximum absolute atomic E-state index is 12.9. The molecule has 2 heterocycles. The monoisotopic (exact) mass is 390 g/mol. The molecule has 1 fully saturated rings. The summed E-state index contributed by atoms with van der Waals surface area (Å²) in [5.41, 5.74) is 2.12. The number of carbonyl (C=O) groups excluding carboxylic acids is 1. The molecule has 0 radical (unpaired) electrons. The largest absolute Gasteiger partial charge is 0.490 e. The van der Waals surface area contributed by atoms with Gasteiger partial charge in [0.05, 0.1) is 23.6 Å². The first-order valence-electron chi connectivity index (χ1n) is 10.2.